The van der Waals surface area contributed by atoms with Crippen molar-refractivity contribution in [1.82, 2.24) is 9.55 Å². The number of fused-ring (bicyclic) bond motifs is 1. The molecule has 17 heavy (non-hydrogen) atoms. The van der Waals surface area contributed by atoms with Gasteiger partial charge in [0.2, 0.25) is 0 Å². The molecule has 2 rings (SSSR count). The van der Waals surface area contributed by atoms with Crippen LogP contribution in [-0.4, -0.2) is 20.6 Å². The van der Waals surface area contributed by atoms with Crippen molar-refractivity contribution < 1.29 is 9.90 Å². The molecule has 0 aliphatic carbocycles. The summed E-state index contributed by atoms with van der Waals surface area (Å²) in [7, 11) is 1.85. The monoisotopic (exact) mass is 250 g/mol. The lowest BCUT2D eigenvalue weighted by molar-refractivity contribution is -0.131. The largest absolute Gasteiger partial charge is 0.478 e. The summed E-state index contributed by atoms with van der Waals surface area (Å²) in [6, 6.07) is 3.62. The summed E-state index contributed by atoms with van der Waals surface area (Å²) in [6.07, 6.45) is 2.54. The Morgan fingerprint density at radius 3 is 2.88 bits per heavy atom. The normalized spacial score (nSPS) is 11.5. The van der Waals surface area contributed by atoms with E-state index in [0.717, 1.165) is 22.7 Å². The van der Waals surface area contributed by atoms with E-state index in [4.69, 9.17) is 16.7 Å². The Morgan fingerprint density at radius 2 is 2.24 bits per heavy atom. The Morgan fingerprint density at radius 1 is 1.53 bits per heavy atom. The Kier molecular flexibility index (Phi) is 2.90. The lowest BCUT2D eigenvalue weighted by atomic mass is 10.2. The summed E-state index contributed by atoms with van der Waals surface area (Å²) in [5.41, 5.74) is 2.74. The van der Waals surface area contributed by atoms with E-state index in [0.29, 0.717) is 10.8 Å². The molecule has 5 heteroatoms. The molecular weight excluding hydrogens is 240 g/mol. The molecule has 2 aromatic rings. The average Bonchev–Trinajstić information content (AvgIpc) is 2.52. The Labute approximate surface area is 103 Å². The molecule has 1 aromatic carbocycles. The molecular formula is C12H11ClN2O2. The van der Waals surface area contributed by atoms with Gasteiger partial charge in [-0.05, 0) is 30.7 Å². The number of carbonyl (C=O) groups is 1. The van der Waals surface area contributed by atoms with Crippen LogP contribution < -0.4 is 0 Å². The van der Waals surface area contributed by atoms with Gasteiger partial charge in [-0.3, -0.25) is 0 Å². The van der Waals surface area contributed by atoms with E-state index in [9.17, 15) is 4.79 Å². The first kappa shape index (κ1) is 11.7. The van der Waals surface area contributed by atoms with Crippen LogP contribution in [-0.2, 0) is 11.8 Å². The quantitative estimate of drug-likeness (QED) is 0.834. The fourth-order valence-electron chi connectivity index (χ4n) is 1.85. The first-order chi connectivity index (χ1) is 7.99. The third-order valence-corrected chi connectivity index (χ3v) is 2.75. The SMILES string of the molecule is Cc1cc(Cl)cc2nc(/C=C/C(=O)O)n(C)c12. The maximum atomic E-state index is 10.5. The van der Waals surface area contributed by atoms with E-state index in [1.807, 2.05) is 24.6 Å². The van der Waals surface area contributed by atoms with E-state index in [1.54, 1.807) is 6.07 Å². The van der Waals surface area contributed by atoms with E-state index in [-0.39, 0.29) is 0 Å². The molecule has 0 aliphatic heterocycles. The fourth-order valence-corrected chi connectivity index (χ4v) is 2.11. The number of nitrogens with zero attached hydrogens (tertiary/aromatic N) is 2. The van der Waals surface area contributed by atoms with Crippen molar-refractivity contribution in [3.63, 3.8) is 0 Å². The molecule has 1 aromatic heterocycles. The molecule has 1 heterocycles. The van der Waals surface area contributed by atoms with Crippen LogP contribution in [0.15, 0.2) is 18.2 Å². The molecule has 4 nitrogen and oxygen atoms in total. The molecule has 0 bridgehead atoms. The van der Waals surface area contributed by atoms with Gasteiger partial charge in [0.1, 0.15) is 5.82 Å². The highest BCUT2D eigenvalue weighted by Crippen LogP contribution is 2.24. The van der Waals surface area contributed by atoms with Crippen LogP contribution in [0.25, 0.3) is 17.1 Å². The smallest absolute Gasteiger partial charge is 0.328 e. The number of aromatic nitrogens is 2. The van der Waals surface area contributed by atoms with Gasteiger partial charge in [-0.15, -0.1) is 0 Å². The van der Waals surface area contributed by atoms with Crippen molar-refractivity contribution in [3.05, 3.63) is 34.6 Å². The number of carboxylic acids is 1. The van der Waals surface area contributed by atoms with Crippen LogP contribution in [0.5, 0.6) is 0 Å². The summed E-state index contributed by atoms with van der Waals surface area (Å²) in [6.45, 7) is 1.95. The van der Waals surface area contributed by atoms with Gasteiger partial charge in [-0.1, -0.05) is 11.6 Å². The molecule has 0 saturated carbocycles. The number of rotatable bonds is 2. The Balaban J connectivity index is 2.64. The van der Waals surface area contributed by atoms with Gasteiger partial charge < -0.3 is 9.67 Å². The number of carboxylic acid groups (broad SMARTS) is 1. The van der Waals surface area contributed by atoms with Gasteiger partial charge in [-0.25, -0.2) is 9.78 Å². The maximum Gasteiger partial charge on any atom is 0.328 e. The Hall–Kier alpha value is -1.81. The zero-order valence-electron chi connectivity index (χ0n) is 9.44. The molecule has 0 radical (unpaired) electrons. The second-order valence-electron chi connectivity index (χ2n) is 3.79. The van der Waals surface area contributed by atoms with Gasteiger partial charge in [-0.2, -0.15) is 0 Å². The zero-order valence-corrected chi connectivity index (χ0v) is 10.2. The van der Waals surface area contributed by atoms with E-state index < -0.39 is 5.97 Å². The summed E-state index contributed by atoms with van der Waals surface area (Å²) in [5.74, 6) is -0.403. The second kappa shape index (κ2) is 4.22. The highest BCUT2D eigenvalue weighted by molar-refractivity contribution is 6.31. The van der Waals surface area contributed by atoms with Gasteiger partial charge in [0.15, 0.2) is 0 Å². The standard InChI is InChI=1S/C12H11ClN2O2/c1-7-5-8(13)6-9-12(7)15(2)10(14-9)3-4-11(16)17/h3-6H,1-2H3,(H,16,17)/b4-3+. The summed E-state index contributed by atoms with van der Waals surface area (Å²) in [4.78, 5) is 14.8. The topological polar surface area (TPSA) is 55.1 Å². The number of hydrogen-bond donors (Lipinski definition) is 1. The van der Waals surface area contributed by atoms with Crippen molar-refractivity contribution in [2.24, 2.45) is 7.05 Å². The summed E-state index contributed by atoms with van der Waals surface area (Å²) < 4.78 is 1.85. The predicted molar refractivity (Wildman–Crippen MR) is 67.1 cm³/mol. The number of imidazole rings is 1. The van der Waals surface area contributed by atoms with Crippen LogP contribution in [0.4, 0.5) is 0 Å². The minimum atomic E-state index is -0.994. The lowest BCUT2D eigenvalue weighted by Crippen LogP contribution is -1.94. The number of benzene rings is 1. The van der Waals surface area contributed by atoms with Gasteiger partial charge in [0.05, 0.1) is 11.0 Å². The molecule has 0 aliphatic rings. The fraction of sp³-hybridized carbons (Fsp3) is 0.167. The first-order valence-corrected chi connectivity index (χ1v) is 5.40. The van der Waals surface area contributed by atoms with Gasteiger partial charge >= 0.3 is 5.97 Å². The molecule has 0 atom stereocenters. The van der Waals surface area contributed by atoms with Crippen LogP contribution in [0.3, 0.4) is 0 Å². The number of halogens is 1. The third kappa shape index (κ3) is 2.17. The second-order valence-corrected chi connectivity index (χ2v) is 4.23. The molecule has 0 fully saturated rings. The van der Waals surface area contributed by atoms with Crippen LogP contribution >= 0.6 is 11.6 Å². The third-order valence-electron chi connectivity index (χ3n) is 2.53. The lowest BCUT2D eigenvalue weighted by Gasteiger charge is -2.01. The van der Waals surface area contributed by atoms with Gasteiger partial charge in [0, 0.05) is 18.1 Å². The molecule has 0 saturated heterocycles. The predicted octanol–water partition coefficient (Wildman–Crippen LogP) is 2.63. The average molecular weight is 251 g/mol. The van der Waals surface area contributed by atoms with Crippen LogP contribution in [0, 0.1) is 6.92 Å². The molecule has 0 spiro atoms. The van der Waals surface area contributed by atoms with E-state index in [1.165, 1.54) is 6.08 Å². The minimum Gasteiger partial charge on any atom is -0.478 e. The van der Waals surface area contributed by atoms with Crippen molar-refractivity contribution >= 4 is 34.7 Å². The van der Waals surface area contributed by atoms with Crippen molar-refractivity contribution in [2.75, 3.05) is 0 Å². The zero-order chi connectivity index (χ0) is 12.6. The minimum absolute atomic E-state index is 0.591. The van der Waals surface area contributed by atoms with E-state index >= 15 is 0 Å². The Bertz CT molecular complexity index is 629. The highest BCUT2D eigenvalue weighted by Gasteiger charge is 2.09. The maximum absolute atomic E-state index is 10.5. The molecule has 88 valence electrons. The van der Waals surface area contributed by atoms with Crippen LogP contribution in [0.1, 0.15) is 11.4 Å². The molecule has 0 amide bonds. The number of hydrogen-bond acceptors (Lipinski definition) is 2. The summed E-state index contributed by atoms with van der Waals surface area (Å²) >= 11 is 5.95. The van der Waals surface area contributed by atoms with Crippen molar-refractivity contribution in [3.8, 4) is 0 Å². The van der Waals surface area contributed by atoms with Gasteiger partial charge in [0.25, 0.3) is 0 Å². The van der Waals surface area contributed by atoms with Crippen molar-refractivity contribution in [2.45, 2.75) is 6.92 Å². The number of aryl methyl sites for hydroxylation is 2. The molecule has 0 unspecified atom stereocenters. The van der Waals surface area contributed by atoms with E-state index in [2.05, 4.69) is 4.98 Å². The van der Waals surface area contributed by atoms with Crippen LogP contribution in [0.2, 0.25) is 5.02 Å². The highest BCUT2D eigenvalue weighted by atomic mass is 35.5. The number of aliphatic carboxylic acids is 1. The van der Waals surface area contributed by atoms with Crippen molar-refractivity contribution in [1.29, 1.82) is 0 Å². The summed E-state index contributed by atoms with van der Waals surface area (Å²) in [5, 5.41) is 9.22. The first-order valence-electron chi connectivity index (χ1n) is 5.02. The molecule has 1 N–H and O–H groups in total.